The zero-order valence-electron chi connectivity index (χ0n) is 13.2. The Bertz CT molecular complexity index is 445. The summed E-state index contributed by atoms with van der Waals surface area (Å²) in [7, 11) is 0. The van der Waals surface area contributed by atoms with E-state index in [-0.39, 0.29) is 6.10 Å². The first kappa shape index (κ1) is 15.3. The molecule has 112 valence electrons. The van der Waals surface area contributed by atoms with E-state index in [9.17, 15) is 0 Å². The van der Waals surface area contributed by atoms with Gasteiger partial charge in [0.05, 0.1) is 0 Å². The lowest BCUT2D eigenvalue weighted by Gasteiger charge is -2.37. The lowest BCUT2D eigenvalue weighted by atomic mass is 9.75. The molecule has 0 radical (unpaired) electrons. The quantitative estimate of drug-likeness (QED) is 0.912. The Kier molecular flexibility index (Phi) is 5.03. The van der Waals surface area contributed by atoms with Gasteiger partial charge < -0.3 is 10.5 Å². The molecule has 0 spiro atoms. The van der Waals surface area contributed by atoms with Crippen molar-refractivity contribution in [2.75, 3.05) is 0 Å². The van der Waals surface area contributed by atoms with E-state index in [4.69, 9.17) is 10.5 Å². The van der Waals surface area contributed by atoms with Crippen LogP contribution in [0.15, 0.2) is 12.3 Å². The number of rotatable bonds is 4. The van der Waals surface area contributed by atoms with Gasteiger partial charge in [-0.05, 0) is 49.1 Å². The Balaban J connectivity index is 2.20. The highest BCUT2D eigenvalue weighted by atomic mass is 16.5. The van der Waals surface area contributed by atoms with Crippen molar-refractivity contribution in [3.05, 3.63) is 23.4 Å². The van der Waals surface area contributed by atoms with Gasteiger partial charge >= 0.3 is 0 Å². The van der Waals surface area contributed by atoms with Gasteiger partial charge in [0.25, 0.3) is 0 Å². The number of aromatic nitrogens is 1. The third-order valence-corrected chi connectivity index (χ3v) is 4.68. The highest BCUT2D eigenvalue weighted by Crippen LogP contribution is 2.36. The van der Waals surface area contributed by atoms with Gasteiger partial charge in [-0.15, -0.1) is 0 Å². The lowest BCUT2D eigenvalue weighted by Crippen LogP contribution is -2.36. The Hall–Kier alpha value is -1.09. The van der Waals surface area contributed by atoms with Crippen molar-refractivity contribution in [1.29, 1.82) is 0 Å². The number of nitrogens with two attached hydrogens (primary N) is 1. The van der Waals surface area contributed by atoms with Crippen LogP contribution in [0.5, 0.6) is 5.88 Å². The summed E-state index contributed by atoms with van der Waals surface area (Å²) in [6, 6.07) is 2.00. The van der Waals surface area contributed by atoms with E-state index in [1.807, 2.05) is 12.3 Å². The number of aryl methyl sites for hydroxylation is 1. The highest BCUT2D eigenvalue weighted by Gasteiger charge is 2.32. The van der Waals surface area contributed by atoms with Crippen molar-refractivity contribution in [2.45, 2.75) is 59.6 Å². The van der Waals surface area contributed by atoms with Gasteiger partial charge in [0, 0.05) is 18.3 Å². The van der Waals surface area contributed by atoms with Gasteiger partial charge in [-0.3, -0.25) is 0 Å². The molecule has 3 unspecified atom stereocenters. The molecule has 2 rings (SSSR count). The van der Waals surface area contributed by atoms with Crippen LogP contribution in [0, 0.1) is 24.7 Å². The summed E-state index contributed by atoms with van der Waals surface area (Å²) < 4.78 is 6.31. The number of nitrogens with zero attached hydrogens (tertiary/aromatic N) is 1. The first-order valence-corrected chi connectivity index (χ1v) is 7.84. The molecule has 1 heterocycles. The third kappa shape index (κ3) is 3.32. The van der Waals surface area contributed by atoms with Gasteiger partial charge in [-0.25, -0.2) is 4.98 Å². The maximum atomic E-state index is 6.31. The maximum absolute atomic E-state index is 6.31. The predicted octanol–water partition coefficient (Wildman–Crippen LogP) is 3.69. The molecule has 3 nitrogen and oxygen atoms in total. The van der Waals surface area contributed by atoms with Crippen LogP contribution in [-0.4, -0.2) is 11.1 Å². The summed E-state index contributed by atoms with van der Waals surface area (Å²) in [4.78, 5) is 4.42. The predicted molar refractivity (Wildman–Crippen MR) is 82.6 cm³/mol. The molecule has 1 aromatic rings. The van der Waals surface area contributed by atoms with E-state index in [0.717, 1.165) is 23.8 Å². The molecule has 0 bridgehead atoms. The SMILES string of the molecule is Cc1ccnc(OC2CC(C)CCC2C(C)C)c1CN. The van der Waals surface area contributed by atoms with E-state index in [1.165, 1.54) is 18.4 Å². The number of ether oxygens (including phenoxy) is 1. The summed E-state index contributed by atoms with van der Waals surface area (Å²) in [5, 5.41) is 0. The smallest absolute Gasteiger partial charge is 0.218 e. The van der Waals surface area contributed by atoms with Crippen molar-refractivity contribution in [2.24, 2.45) is 23.5 Å². The van der Waals surface area contributed by atoms with E-state index in [2.05, 4.69) is 32.7 Å². The molecule has 1 aliphatic rings. The molecule has 1 aliphatic carbocycles. The van der Waals surface area contributed by atoms with Crippen molar-refractivity contribution in [1.82, 2.24) is 4.98 Å². The largest absolute Gasteiger partial charge is 0.474 e. The molecule has 1 saturated carbocycles. The fourth-order valence-corrected chi connectivity index (χ4v) is 3.31. The third-order valence-electron chi connectivity index (χ3n) is 4.68. The minimum atomic E-state index is 0.276. The molecule has 0 aliphatic heterocycles. The lowest BCUT2D eigenvalue weighted by molar-refractivity contribution is 0.0418. The number of hydrogen-bond donors (Lipinski definition) is 1. The van der Waals surface area contributed by atoms with Crippen molar-refractivity contribution < 1.29 is 4.74 Å². The Morgan fingerprint density at radius 3 is 2.80 bits per heavy atom. The molecule has 1 aromatic heterocycles. The van der Waals surface area contributed by atoms with Gasteiger partial charge in [0.1, 0.15) is 6.10 Å². The summed E-state index contributed by atoms with van der Waals surface area (Å²) in [5.74, 6) is 2.76. The minimum Gasteiger partial charge on any atom is -0.474 e. The first-order valence-electron chi connectivity index (χ1n) is 7.84. The normalized spacial score (nSPS) is 26.8. The first-order chi connectivity index (χ1) is 9.52. The minimum absolute atomic E-state index is 0.276. The molecular weight excluding hydrogens is 248 g/mol. The van der Waals surface area contributed by atoms with Crippen LogP contribution in [0.3, 0.4) is 0 Å². The molecule has 0 aromatic carbocycles. The van der Waals surface area contributed by atoms with Crippen LogP contribution in [0.1, 0.15) is 51.2 Å². The van der Waals surface area contributed by atoms with E-state index in [1.54, 1.807) is 0 Å². The van der Waals surface area contributed by atoms with Gasteiger partial charge in [-0.2, -0.15) is 0 Å². The summed E-state index contributed by atoms with van der Waals surface area (Å²) in [6.45, 7) is 9.47. The monoisotopic (exact) mass is 276 g/mol. The number of hydrogen-bond acceptors (Lipinski definition) is 3. The highest BCUT2D eigenvalue weighted by molar-refractivity contribution is 5.33. The summed E-state index contributed by atoms with van der Waals surface area (Å²) >= 11 is 0. The van der Waals surface area contributed by atoms with Crippen molar-refractivity contribution >= 4 is 0 Å². The molecule has 0 saturated heterocycles. The zero-order chi connectivity index (χ0) is 14.7. The molecule has 3 atom stereocenters. The van der Waals surface area contributed by atoms with Crippen LogP contribution in [0.25, 0.3) is 0 Å². The second-order valence-electron chi connectivity index (χ2n) is 6.60. The van der Waals surface area contributed by atoms with E-state index < -0.39 is 0 Å². The van der Waals surface area contributed by atoms with Gasteiger partial charge in [0.2, 0.25) is 5.88 Å². The second kappa shape index (κ2) is 6.57. The van der Waals surface area contributed by atoms with Crippen LogP contribution in [0.2, 0.25) is 0 Å². The maximum Gasteiger partial charge on any atom is 0.218 e. The average Bonchev–Trinajstić information content (AvgIpc) is 2.38. The zero-order valence-corrected chi connectivity index (χ0v) is 13.2. The van der Waals surface area contributed by atoms with Crippen LogP contribution < -0.4 is 10.5 Å². The van der Waals surface area contributed by atoms with Gasteiger partial charge in [-0.1, -0.05) is 27.2 Å². The topological polar surface area (TPSA) is 48.1 Å². The van der Waals surface area contributed by atoms with Crippen LogP contribution in [0.4, 0.5) is 0 Å². The van der Waals surface area contributed by atoms with Crippen molar-refractivity contribution in [3.63, 3.8) is 0 Å². The van der Waals surface area contributed by atoms with E-state index in [0.29, 0.717) is 18.4 Å². The fraction of sp³-hybridized carbons (Fsp3) is 0.706. The molecule has 20 heavy (non-hydrogen) atoms. The molecule has 1 fully saturated rings. The Morgan fingerprint density at radius 1 is 1.40 bits per heavy atom. The van der Waals surface area contributed by atoms with Gasteiger partial charge in [0.15, 0.2) is 0 Å². The molecule has 0 amide bonds. The summed E-state index contributed by atoms with van der Waals surface area (Å²) in [6.07, 6.45) is 5.79. The Morgan fingerprint density at radius 2 is 2.15 bits per heavy atom. The fourth-order valence-electron chi connectivity index (χ4n) is 3.31. The van der Waals surface area contributed by atoms with Crippen LogP contribution >= 0.6 is 0 Å². The van der Waals surface area contributed by atoms with E-state index >= 15 is 0 Å². The standard InChI is InChI=1S/C17H28N2O/c1-11(2)14-6-5-12(3)9-16(14)20-17-15(10-18)13(4)7-8-19-17/h7-8,11-12,14,16H,5-6,9-10,18H2,1-4H3. The number of pyridine rings is 1. The average molecular weight is 276 g/mol. The van der Waals surface area contributed by atoms with Crippen LogP contribution in [-0.2, 0) is 6.54 Å². The Labute approximate surface area is 122 Å². The summed E-state index contributed by atoms with van der Waals surface area (Å²) in [5.41, 5.74) is 8.08. The molecule has 2 N–H and O–H groups in total. The molecule has 3 heteroatoms. The van der Waals surface area contributed by atoms with Crippen molar-refractivity contribution in [3.8, 4) is 5.88 Å². The molecular formula is C17H28N2O. The second-order valence-corrected chi connectivity index (χ2v) is 6.60.